The molecule has 0 bridgehead atoms. The molecule has 0 radical (unpaired) electrons. The molecule has 2 N–H and O–H groups in total. The van der Waals surface area contributed by atoms with Crippen LogP contribution in [0.5, 0.6) is 0 Å². The van der Waals surface area contributed by atoms with Gasteiger partial charge in [0.25, 0.3) is 0 Å². The van der Waals surface area contributed by atoms with Crippen molar-refractivity contribution in [1.29, 1.82) is 0 Å². The summed E-state index contributed by atoms with van der Waals surface area (Å²) in [6.07, 6.45) is 4.42. The van der Waals surface area contributed by atoms with Gasteiger partial charge in [-0.15, -0.1) is 0 Å². The molecule has 0 aromatic heterocycles. The molecule has 2 unspecified atom stereocenters. The highest BCUT2D eigenvalue weighted by Crippen LogP contribution is 2.17. The monoisotopic (exact) mass is 173 g/mol. The fourth-order valence-electron chi connectivity index (χ4n) is 1.59. The Morgan fingerprint density at radius 3 is 3.08 bits per heavy atom. The van der Waals surface area contributed by atoms with Crippen molar-refractivity contribution in [1.82, 2.24) is 5.32 Å². The van der Waals surface area contributed by atoms with Crippen LogP contribution in [0.15, 0.2) is 0 Å². The van der Waals surface area contributed by atoms with E-state index in [0.29, 0.717) is 12.6 Å². The van der Waals surface area contributed by atoms with Gasteiger partial charge in [-0.2, -0.15) is 0 Å². The Balaban J connectivity index is 1.99. The Morgan fingerprint density at radius 1 is 1.67 bits per heavy atom. The summed E-state index contributed by atoms with van der Waals surface area (Å²) in [5.41, 5.74) is 0. The first-order chi connectivity index (χ1) is 5.83. The quantitative estimate of drug-likeness (QED) is 0.637. The summed E-state index contributed by atoms with van der Waals surface area (Å²) in [6.45, 7) is 1.60. The number of ether oxygens (including phenoxy) is 1. The molecular weight excluding hydrogens is 154 g/mol. The van der Waals surface area contributed by atoms with E-state index in [2.05, 4.69) is 5.32 Å². The van der Waals surface area contributed by atoms with E-state index in [9.17, 15) is 5.11 Å². The van der Waals surface area contributed by atoms with Crippen molar-refractivity contribution in [3.8, 4) is 0 Å². The van der Waals surface area contributed by atoms with Crippen LogP contribution >= 0.6 is 0 Å². The zero-order valence-electron chi connectivity index (χ0n) is 7.75. The molecule has 3 nitrogen and oxygen atoms in total. The van der Waals surface area contributed by atoms with Gasteiger partial charge in [-0.3, -0.25) is 0 Å². The van der Waals surface area contributed by atoms with Crippen LogP contribution in [-0.2, 0) is 4.74 Å². The van der Waals surface area contributed by atoms with E-state index >= 15 is 0 Å². The second-order valence-electron chi connectivity index (χ2n) is 3.42. The summed E-state index contributed by atoms with van der Waals surface area (Å²) in [4.78, 5) is 0. The van der Waals surface area contributed by atoms with Crippen LogP contribution < -0.4 is 5.32 Å². The summed E-state index contributed by atoms with van der Waals surface area (Å²) >= 11 is 0. The van der Waals surface area contributed by atoms with E-state index in [4.69, 9.17) is 4.74 Å². The number of nitrogens with one attached hydrogen (secondary N) is 1. The Labute approximate surface area is 74.1 Å². The van der Waals surface area contributed by atoms with E-state index in [0.717, 1.165) is 19.4 Å². The average Bonchev–Trinajstić information content (AvgIpc) is 2.53. The first-order valence-electron chi connectivity index (χ1n) is 4.77. The summed E-state index contributed by atoms with van der Waals surface area (Å²) in [6, 6.07) is 0. The highest BCUT2D eigenvalue weighted by molar-refractivity contribution is 4.67. The molecule has 1 fully saturated rings. The topological polar surface area (TPSA) is 41.5 Å². The second-order valence-corrected chi connectivity index (χ2v) is 3.42. The van der Waals surface area contributed by atoms with Crippen LogP contribution in [0.1, 0.15) is 25.7 Å². The number of hydrogen-bond acceptors (Lipinski definition) is 3. The van der Waals surface area contributed by atoms with E-state index in [1.807, 2.05) is 7.05 Å². The molecule has 72 valence electrons. The zero-order chi connectivity index (χ0) is 8.81. The molecule has 2 atom stereocenters. The molecule has 1 heterocycles. The standard InChI is InChI=1S/C9H19NO2/c1-10-7-8(11)4-5-9-3-2-6-12-9/h8-11H,2-7H2,1H3. The number of aliphatic hydroxyl groups is 1. The van der Waals surface area contributed by atoms with Gasteiger partial charge in [0, 0.05) is 13.2 Å². The normalized spacial score (nSPS) is 26.0. The second kappa shape index (κ2) is 5.51. The van der Waals surface area contributed by atoms with Gasteiger partial charge in [-0.1, -0.05) is 0 Å². The van der Waals surface area contributed by atoms with Crippen molar-refractivity contribution >= 4 is 0 Å². The van der Waals surface area contributed by atoms with Gasteiger partial charge in [0.15, 0.2) is 0 Å². The van der Waals surface area contributed by atoms with Crippen molar-refractivity contribution in [2.75, 3.05) is 20.2 Å². The van der Waals surface area contributed by atoms with Gasteiger partial charge in [-0.25, -0.2) is 0 Å². The summed E-state index contributed by atoms with van der Waals surface area (Å²) in [7, 11) is 1.86. The van der Waals surface area contributed by atoms with Crippen molar-refractivity contribution < 1.29 is 9.84 Å². The van der Waals surface area contributed by atoms with Gasteiger partial charge in [0.05, 0.1) is 12.2 Å². The number of aliphatic hydroxyl groups excluding tert-OH is 1. The van der Waals surface area contributed by atoms with Crippen LogP contribution in [0.4, 0.5) is 0 Å². The molecular formula is C9H19NO2. The molecule has 0 amide bonds. The molecule has 3 heteroatoms. The maximum Gasteiger partial charge on any atom is 0.0665 e. The molecule has 0 aromatic carbocycles. The predicted molar refractivity (Wildman–Crippen MR) is 48.1 cm³/mol. The maximum atomic E-state index is 9.39. The molecule has 12 heavy (non-hydrogen) atoms. The third kappa shape index (κ3) is 3.52. The molecule has 0 aromatic rings. The smallest absolute Gasteiger partial charge is 0.0665 e. The lowest BCUT2D eigenvalue weighted by Crippen LogP contribution is -2.24. The first kappa shape index (κ1) is 9.96. The molecule has 0 aliphatic carbocycles. The van der Waals surface area contributed by atoms with Gasteiger partial charge in [0.1, 0.15) is 0 Å². The van der Waals surface area contributed by atoms with Crippen LogP contribution in [0.25, 0.3) is 0 Å². The minimum absolute atomic E-state index is 0.209. The minimum atomic E-state index is -0.209. The van der Waals surface area contributed by atoms with Gasteiger partial charge in [-0.05, 0) is 32.7 Å². The predicted octanol–water partition coefficient (Wildman–Crippen LogP) is 0.526. The van der Waals surface area contributed by atoms with E-state index in [1.165, 1.54) is 12.8 Å². The Morgan fingerprint density at radius 2 is 2.50 bits per heavy atom. The van der Waals surface area contributed by atoms with Crippen molar-refractivity contribution in [2.24, 2.45) is 0 Å². The van der Waals surface area contributed by atoms with Crippen molar-refractivity contribution in [3.63, 3.8) is 0 Å². The third-order valence-corrected chi connectivity index (χ3v) is 2.29. The van der Waals surface area contributed by atoms with Crippen LogP contribution in [0, 0.1) is 0 Å². The molecule has 1 aliphatic rings. The van der Waals surface area contributed by atoms with Gasteiger partial charge < -0.3 is 15.2 Å². The zero-order valence-corrected chi connectivity index (χ0v) is 7.75. The fourth-order valence-corrected chi connectivity index (χ4v) is 1.59. The summed E-state index contributed by atoms with van der Waals surface area (Å²) in [5.74, 6) is 0. The Kier molecular flexibility index (Phi) is 4.58. The Hall–Kier alpha value is -0.120. The van der Waals surface area contributed by atoms with E-state index < -0.39 is 0 Å². The molecule has 1 aliphatic heterocycles. The summed E-state index contributed by atoms with van der Waals surface area (Å²) in [5, 5.41) is 12.3. The maximum absolute atomic E-state index is 9.39. The van der Waals surface area contributed by atoms with E-state index in [-0.39, 0.29) is 6.10 Å². The highest BCUT2D eigenvalue weighted by atomic mass is 16.5. The lowest BCUT2D eigenvalue weighted by atomic mass is 10.1. The lowest BCUT2D eigenvalue weighted by Gasteiger charge is -2.12. The fraction of sp³-hybridized carbons (Fsp3) is 1.00. The van der Waals surface area contributed by atoms with Crippen LogP contribution in [-0.4, -0.2) is 37.5 Å². The third-order valence-electron chi connectivity index (χ3n) is 2.29. The van der Waals surface area contributed by atoms with Crippen LogP contribution in [0.3, 0.4) is 0 Å². The summed E-state index contributed by atoms with van der Waals surface area (Å²) < 4.78 is 5.45. The van der Waals surface area contributed by atoms with E-state index in [1.54, 1.807) is 0 Å². The SMILES string of the molecule is CNCC(O)CCC1CCCO1. The average molecular weight is 173 g/mol. The van der Waals surface area contributed by atoms with Crippen molar-refractivity contribution in [2.45, 2.75) is 37.9 Å². The highest BCUT2D eigenvalue weighted by Gasteiger charge is 2.16. The largest absolute Gasteiger partial charge is 0.392 e. The number of hydrogen-bond donors (Lipinski definition) is 2. The van der Waals surface area contributed by atoms with Gasteiger partial charge in [0.2, 0.25) is 0 Å². The minimum Gasteiger partial charge on any atom is -0.392 e. The number of likely N-dealkylation sites (N-methyl/N-ethyl adjacent to an activating group) is 1. The first-order valence-corrected chi connectivity index (χ1v) is 4.77. The molecule has 1 saturated heterocycles. The number of rotatable bonds is 5. The van der Waals surface area contributed by atoms with Gasteiger partial charge >= 0.3 is 0 Å². The molecule has 0 spiro atoms. The molecule has 0 saturated carbocycles. The molecule has 1 rings (SSSR count). The Bertz CT molecular complexity index is 113. The van der Waals surface area contributed by atoms with Crippen LogP contribution in [0.2, 0.25) is 0 Å². The van der Waals surface area contributed by atoms with Crippen molar-refractivity contribution in [3.05, 3.63) is 0 Å². The lowest BCUT2D eigenvalue weighted by molar-refractivity contribution is 0.0816.